The fourth-order valence-electron chi connectivity index (χ4n) is 7.85. The Bertz CT molecular complexity index is 3230. The van der Waals surface area contributed by atoms with E-state index in [1.54, 1.807) is 0 Å². The second-order valence-corrected chi connectivity index (χ2v) is 15.0. The smallest absolute Gasteiger partial charge is 0.167 e. The van der Waals surface area contributed by atoms with Crippen molar-refractivity contribution >= 4 is 53.4 Å². The first-order valence-electron chi connectivity index (χ1n) is 18.7. The van der Waals surface area contributed by atoms with Crippen LogP contribution < -0.4 is 0 Å². The molecule has 262 valence electrons. The van der Waals surface area contributed by atoms with Crippen molar-refractivity contribution in [2.45, 2.75) is 0 Å². The first-order valence-corrected chi connectivity index (χ1v) is 19.5. The van der Waals surface area contributed by atoms with Gasteiger partial charge in [-0.2, -0.15) is 0 Å². The third-order valence-electron chi connectivity index (χ3n) is 10.6. The highest BCUT2D eigenvalue weighted by molar-refractivity contribution is 7.26. The van der Waals surface area contributed by atoms with E-state index in [1.165, 1.54) is 31.3 Å². The van der Waals surface area contributed by atoms with Crippen molar-refractivity contribution in [3.05, 3.63) is 188 Å². The molecular weight excluding hydrogens is 703 g/mol. The summed E-state index contributed by atoms with van der Waals surface area (Å²) >= 11 is 1.83. The second kappa shape index (κ2) is 13.3. The van der Waals surface area contributed by atoms with Gasteiger partial charge < -0.3 is 4.42 Å². The maximum Gasteiger partial charge on any atom is 0.167 e. The quantitative estimate of drug-likeness (QED) is 0.171. The van der Waals surface area contributed by atoms with Gasteiger partial charge in [-0.05, 0) is 46.0 Å². The van der Waals surface area contributed by atoms with Crippen LogP contribution in [-0.4, -0.2) is 15.0 Å². The monoisotopic (exact) mass is 733 g/mol. The predicted molar refractivity (Wildman–Crippen MR) is 233 cm³/mol. The number of aromatic nitrogens is 3. The minimum Gasteiger partial charge on any atom is -0.455 e. The lowest BCUT2D eigenvalue weighted by molar-refractivity contribution is 0.670. The Hall–Kier alpha value is -7.21. The lowest BCUT2D eigenvalue weighted by Crippen LogP contribution is -2.00. The van der Waals surface area contributed by atoms with Gasteiger partial charge in [-0.15, -0.1) is 11.3 Å². The van der Waals surface area contributed by atoms with Crippen LogP contribution in [0.15, 0.2) is 192 Å². The maximum absolute atomic E-state index is 7.00. The van der Waals surface area contributed by atoms with Crippen LogP contribution in [0, 0.1) is 0 Å². The van der Waals surface area contributed by atoms with Gasteiger partial charge in [-0.25, -0.2) is 15.0 Å². The number of para-hydroxylation sites is 2. The van der Waals surface area contributed by atoms with E-state index in [0.717, 1.165) is 60.9 Å². The second-order valence-electron chi connectivity index (χ2n) is 13.9. The van der Waals surface area contributed by atoms with E-state index in [4.69, 9.17) is 19.4 Å². The molecular formula is C51H31N3OS. The molecule has 0 saturated heterocycles. The van der Waals surface area contributed by atoms with Crippen LogP contribution in [0.4, 0.5) is 0 Å². The lowest BCUT2D eigenvalue weighted by Gasteiger charge is -2.09. The lowest BCUT2D eigenvalue weighted by atomic mass is 9.96. The van der Waals surface area contributed by atoms with E-state index in [1.807, 2.05) is 53.8 Å². The molecule has 8 aromatic carbocycles. The average Bonchev–Trinajstić information content (AvgIpc) is 3.86. The molecule has 3 heterocycles. The summed E-state index contributed by atoms with van der Waals surface area (Å²) in [4.78, 5) is 15.2. The Morgan fingerprint density at radius 1 is 0.321 bits per heavy atom. The van der Waals surface area contributed by atoms with Gasteiger partial charge in [0.15, 0.2) is 17.5 Å². The Morgan fingerprint density at radius 3 is 1.48 bits per heavy atom. The maximum atomic E-state index is 7.00. The van der Waals surface area contributed by atoms with Gasteiger partial charge in [0.05, 0.1) is 5.56 Å². The molecule has 0 saturated carbocycles. The average molecular weight is 734 g/mol. The number of benzene rings is 8. The largest absolute Gasteiger partial charge is 0.455 e. The molecule has 0 unspecified atom stereocenters. The summed E-state index contributed by atoms with van der Waals surface area (Å²) < 4.78 is 9.51. The summed E-state index contributed by atoms with van der Waals surface area (Å²) in [6.45, 7) is 0. The van der Waals surface area contributed by atoms with Gasteiger partial charge in [0.25, 0.3) is 0 Å². The molecule has 4 nitrogen and oxygen atoms in total. The Kier molecular flexibility index (Phi) is 7.64. The van der Waals surface area contributed by atoms with E-state index in [0.29, 0.717) is 17.5 Å². The van der Waals surface area contributed by atoms with E-state index in [9.17, 15) is 0 Å². The summed E-state index contributed by atoms with van der Waals surface area (Å²) in [5.74, 6) is 1.78. The number of hydrogen-bond acceptors (Lipinski definition) is 5. The zero-order chi connectivity index (χ0) is 37.0. The number of nitrogens with zero attached hydrogens (tertiary/aromatic N) is 3. The molecule has 0 bridgehead atoms. The van der Waals surface area contributed by atoms with Gasteiger partial charge in [0.1, 0.15) is 11.2 Å². The van der Waals surface area contributed by atoms with Crippen LogP contribution in [0.25, 0.3) is 110 Å². The van der Waals surface area contributed by atoms with E-state index < -0.39 is 0 Å². The predicted octanol–water partition coefficient (Wildman–Crippen LogP) is 14.1. The molecule has 0 aliphatic rings. The summed E-state index contributed by atoms with van der Waals surface area (Å²) in [6.07, 6.45) is 0. The first kappa shape index (κ1) is 32.2. The van der Waals surface area contributed by atoms with E-state index in [-0.39, 0.29) is 0 Å². The summed E-state index contributed by atoms with van der Waals surface area (Å²) in [5.41, 5.74) is 11.2. The van der Waals surface area contributed by atoms with Crippen LogP contribution in [0.1, 0.15) is 0 Å². The van der Waals surface area contributed by atoms with Crippen molar-refractivity contribution in [2.75, 3.05) is 0 Å². The Labute approximate surface area is 327 Å². The van der Waals surface area contributed by atoms with Crippen LogP contribution in [0.5, 0.6) is 0 Å². The zero-order valence-corrected chi connectivity index (χ0v) is 30.9. The van der Waals surface area contributed by atoms with Crippen molar-refractivity contribution in [1.29, 1.82) is 0 Å². The van der Waals surface area contributed by atoms with Crippen LogP contribution in [0.3, 0.4) is 0 Å². The molecule has 0 radical (unpaired) electrons. The summed E-state index contributed by atoms with van der Waals surface area (Å²) in [5, 5.41) is 4.56. The van der Waals surface area contributed by atoms with Crippen LogP contribution >= 0.6 is 11.3 Å². The molecule has 0 N–H and O–H groups in total. The van der Waals surface area contributed by atoms with Crippen LogP contribution in [-0.2, 0) is 0 Å². The molecule has 5 heteroatoms. The number of furan rings is 1. The van der Waals surface area contributed by atoms with Gasteiger partial charge in [-0.1, -0.05) is 170 Å². The highest BCUT2D eigenvalue weighted by Crippen LogP contribution is 2.45. The molecule has 0 atom stereocenters. The minimum absolute atomic E-state index is 0.562. The first-order chi connectivity index (χ1) is 27.7. The third kappa shape index (κ3) is 5.48. The third-order valence-corrected chi connectivity index (χ3v) is 11.7. The van der Waals surface area contributed by atoms with Gasteiger partial charge in [-0.3, -0.25) is 0 Å². The number of thiophene rings is 1. The Morgan fingerprint density at radius 2 is 0.804 bits per heavy atom. The van der Waals surface area contributed by atoms with Crippen LogP contribution in [0.2, 0.25) is 0 Å². The molecule has 0 fully saturated rings. The van der Waals surface area contributed by atoms with Crippen molar-refractivity contribution in [2.24, 2.45) is 0 Å². The topological polar surface area (TPSA) is 51.8 Å². The highest BCUT2D eigenvalue weighted by atomic mass is 32.1. The van der Waals surface area contributed by atoms with Crippen molar-refractivity contribution in [3.8, 4) is 67.5 Å². The molecule has 0 spiro atoms. The van der Waals surface area contributed by atoms with E-state index in [2.05, 4.69) is 146 Å². The Balaban J connectivity index is 1.07. The van der Waals surface area contributed by atoms with Crippen molar-refractivity contribution < 1.29 is 4.42 Å². The van der Waals surface area contributed by atoms with Gasteiger partial charge >= 0.3 is 0 Å². The highest BCUT2D eigenvalue weighted by Gasteiger charge is 2.21. The molecule has 3 aromatic heterocycles. The zero-order valence-electron chi connectivity index (χ0n) is 30.1. The molecule has 11 rings (SSSR count). The van der Waals surface area contributed by atoms with Crippen molar-refractivity contribution in [1.82, 2.24) is 15.0 Å². The SMILES string of the molecule is c1ccc(-c2ccc(-c3nc(-c4ccccc4)nc(-c4cccc5c4oc4c(-c6cccc7sc8cc(-c9ccccc9)ccc8c67)cccc45)n3)cc2)cc1. The van der Waals surface area contributed by atoms with Gasteiger partial charge in [0, 0.05) is 47.6 Å². The number of hydrogen-bond donors (Lipinski definition) is 0. The van der Waals surface area contributed by atoms with E-state index >= 15 is 0 Å². The summed E-state index contributed by atoms with van der Waals surface area (Å²) in [7, 11) is 0. The minimum atomic E-state index is 0.562. The van der Waals surface area contributed by atoms with Gasteiger partial charge in [0.2, 0.25) is 0 Å². The molecule has 11 aromatic rings. The summed E-state index contributed by atoms with van der Waals surface area (Å²) in [6, 6.07) is 65.6. The van der Waals surface area contributed by atoms with Crippen molar-refractivity contribution in [3.63, 3.8) is 0 Å². The number of rotatable bonds is 6. The fourth-order valence-corrected chi connectivity index (χ4v) is 9.02. The fraction of sp³-hybridized carbons (Fsp3) is 0. The standard InChI is InChI=1S/C51H31N3OS/c1-4-13-32(14-5-1)34-25-27-36(28-26-34)50-52-49(35-17-8-3-9-18-35)53-51(54-50)43-23-11-22-41-40-21-10-20-39(47(40)55-48(41)43)38-19-12-24-44-46(38)42-30-29-37(31-45(42)56-44)33-15-6-2-7-16-33/h1-31H. The molecule has 0 amide bonds. The number of fused-ring (bicyclic) bond motifs is 6. The normalized spacial score (nSPS) is 11.6. The molecule has 0 aliphatic carbocycles. The molecule has 0 aliphatic heterocycles. The molecule has 56 heavy (non-hydrogen) atoms.